The molecule has 0 heterocycles. The topological polar surface area (TPSA) is 35.5 Å². The van der Waals surface area contributed by atoms with Crippen LogP contribution in [0.4, 0.5) is 5.69 Å². The minimum atomic E-state index is 0.190. The molecule has 17 heavy (non-hydrogen) atoms. The summed E-state index contributed by atoms with van der Waals surface area (Å²) in [6, 6.07) is 6.89. The summed E-state index contributed by atoms with van der Waals surface area (Å²) in [4.78, 5) is 2.22. The van der Waals surface area contributed by atoms with E-state index in [0.717, 1.165) is 6.54 Å². The van der Waals surface area contributed by atoms with Gasteiger partial charge in [-0.2, -0.15) is 0 Å². The molecular weight excluding hydrogens is 212 g/mol. The van der Waals surface area contributed by atoms with Crippen molar-refractivity contribution in [3.63, 3.8) is 0 Å². The third-order valence-corrected chi connectivity index (χ3v) is 2.99. The minimum Gasteiger partial charge on any atom is -0.395 e. The number of hydrogen-bond acceptors (Lipinski definition) is 3. The van der Waals surface area contributed by atoms with Gasteiger partial charge >= 0.3 is 0 Å². The molecule has 0 radical (unpaired) electrons. The summed E-state index contributed by atoms with van der Waals surface area (Å²) in [6.07, 6.45) is 0. The van der Waals surface area contributed by atoms with E-state index >= 15 is 0 Å². The quantitative estimate of drug-likeness (QED) is 0.792. The monoisotopic (exact) mass is 236 g/mol. The first-order valence-corrected chi connectivity index (χ1v) is 6.21. The van der Waals surface area contributed by atoms with E-state index in [4.69, 9.17) is 5.11 Å². The Morgan fingerprint density at radius 1 is 1.35 bits per heavy atom. The molecule has 96 valence electrons. The average molecular weight is 236 g/mol. The molecule has 0 atom stereocenters. The third-order valence-electron chi connectivity index (χ3n) is 2.99. The number of nitrogens with zero attached hydrogens (tertiary/aromatic N) is 1. The van der Waals surface area contributed by atoms with E-state index < -0.39 is 0 Å². The van der Waals surface area contributed by atoms with Gasteiger partial charge in [0.25, 0.3) is 0 Å². The predicted molar refractivity (Wildman–Crippen MR) is 73.5 cm³/mol. The Morgan fingerprint density at radius 2 is 2.06 bits per heavy atom. The molecule has 0 aliphatic carbocycles. The van der Waals surface area contributed by atoms with Crippen LogP contribution in [-0.2, 0) is 6.54 Å². The molecule has 1 aromatic carbocycles. The lowest BCUT2D eigenvalue weighted by Gasteiger charge is -2.29. The van der Waals surface area contributed by atoms with Crippen molar-refractivity contribution in [2.75, 3.05) is 25.1 Å². The first-order chi connectivity index (χ1) is 8.10. The van der Waals surface area contributed by atoms with Gasteiger partial charge in [0, 0.05) is 24.8 Å². The van der Waals surface area contributed by atoms with Crippen LogP contribution < -0.4 is 10.2 Å². The van der Waals surface area contributed by atoms with Crippen molar-refractivity contribution in [3.8, 4) is 0 Å². The van der Waals surface area contributed by atoms with E-state index in [-0.39, 0.29) is 6.61 Å². The van der Waals surface area contributed by atoms with E-state index in [0.29, 0.717) is 12.6 Å². The molecule has 2 N–H and O–H groups in total. The number of nitrogens with one attached hydrogen (secondary N) is 1. The Balaban J connectivity index is 2.93. The molecule has 0 spiro atoms. The number of anilines is 1. The molecule has 0 aromatic heterocycles. The van der Waals surface area contributed by atoms with Gasteiger partial charge < -0.3 is 15.3 Å². The lowest BCUT2D eigenvalue weighted by atomic mass is 10.1. The van der Waals surface area contributed by atoms with E-state index in [1.165, 1.54) is 16.8 Å². The summed E-state index contributed by atoms with van der Waals surface area (Å²) in [5, 5.41) is 12.3. The molecule has 0 unspecified atom stereocenters. The zero-order valence-electron chi connectivity index (χ0n) is 11.3. The number of aryl methyl sites for hydroxylation is 1. The maximum Gasteiger partial charge on any atom is 0.0606 e. The molecule has 0 aliphatic heterocycles. The standard InChI is InChI=1S/C14H24N2O/c1-11(2)16(7-8-17)14-6-5-13(10-15-4)12(3)9-14/h5-6,9,11,15,17H,7-8,10H2,1-4H3. The summed E-state index contributed by atoms with van der Waals surface area (Å²) in [5.74, 6) is 0. The molecule has 0 fully saturated rings. The van der Waals surface area contributed by atoms with Crippen molar-refractivity contribution < 1.29 is 5.11 Å². The smallest absolute Gasteiger partial charge is 0.0606 e. The second-order valence-electron chi connectivity index (χ2n) is 4.65. The van der Waals surface area contributed by atoms with Gasteiger partial charge in [0.1, 0.15) is 0 Å². The van der Waals surface area contributed by atoms with Gasteiger partial charge in [-0.3, -0.25) is 0 Å². The molecule has 0 bridgehead atoms. The molecule has 1 aromatic rings. The lowest BCUT2D eigenvalue weighted by Crippen LogP contribution is -2.33. The molecule has 1 rings (SSSR count). The fourth-order valence-corrected chi connectivity index (χ4v) is 2.04. The summed E-state index contributed by atoms with van der Waals surface area (Å²) in [5.41, 5.74) is 3.80. The average Bonchev–Trinajstić information content (AvgIpc) is 2.28. The molecule has 0 aliphatic rings. The highest BCUT2D eigenvalue weighted by Crippen LogP contribution is 2.21. The van der Waals surface area contributed by atoms with Crippen LogP contribution in [-0.4, -0.2) is 31.3 Å². The highest BCUT2D eigenvalue weighted by Gasteiger charge is 2.10. The van der Waals surface area contributed by atoms with Crippen LogP contribution in [0.25, 0.3) is 0 Å². The maximum absolute atomic E-state index is 9.10. The fourth-order valence-electron chi connectivity index (χ4n) is 2.04. The largest absolute Gasteiger partial charge is 0.395 e. The first kappa shape index (κ1) is 14.0. The van der Waals surface area contributed by atoms with Crippen molar-refractivity contribution in [1.82, 2.24) is 5.32 Å². The lowest BCUT2D eigenvalue weighted by molar-refractivity contribution is 0.299. The van der Waals surface area contributed by atoms with Gasteiger partial charge in [0.05, 0.1) is 6.61 Å². The summed E-state index contributed by atoms with van der Waals surface area (Å²) in [6.45, 7) is 8.19. The SMILES string of the molecule is CNCc1ccc(N(CCO)C(C)C)cc1C. The van der Waals surface area contributed by atoms with Crippen LogP contribution in [0.1, 0.15) is 25.0 Å². The van der Waals surface area contributed by atoms with Crippen LogP contribution >= 0.6 is 0 Å². The number of benzene rings is 1. The van der Waals surface area contributed by atoms with Gasteiger partial charge in [0.15, 0.2) is 0 Å². The van der Waals surface area contributed by atoms with Gasteiger partial charge in [-0.25, -0.2) is 0 Å². The Morgan fingerprint density at radius 3 is 2.53 bits per heavy atom. The van der Waals surface area contributed by atoms with Crippen LogP contribution in [0.3, 0.4) is 0 Å². The van der Waals surface area contributed by atoms with E-state index in [2.05, 4.69) is 49.2 Å². The maximum atomic E-state index is 9.10. The fraction of sp³-hybridized carbons (Fsp3) is 0.571. The van der Waals surface area contributed by atoms with Gasteiger partial charge in [-0.15, -0.1) is 0 Å². The predicted octanol–water partition coefficient (Wildman–Crippen LogP) is 1.92. The third kappa shape index (κ3) is 3.72. The van der Waals surface area contributed by atoms with Crippen LogP contribution in [0.15, 0.2) is 18.2 Å². The van der Waals surface area contributed by atoms with Crippen molar-refractivity contribution in [2.24, 2.45) is 0 Å². The van der Waals surface area contributed by atoms with E-state index in [9.17, 15) is 0 Å². The Bertz CT molecular complexity index is 350. The van der Waals surface area contributed by atoms with E-state index in [1.54, 1.807) is 0 Å². The number of aliphatic hydroxyl groups excluding tert-OH is 1. The zero-order valence-corrected chi connectivity index (χ0v) is 11.3. The normalized spacial score (nSPS) is 10.9. The van der Waals surface area contributed by atoms with Crippen molar-refractivity contribution in [1.29, 1.82) is 0 Å². The summed E-state index contributed by atoms with van der Waals surface area (Å²) < 4.78 is 0. The zero-order chi connectivity index (χ0) is 12.8. The number of hydrogen-bond donors (Lipinski definition) is 2. The second kappa shape index (κ2) is 6.62. The molecule has 0 saturated carbocycles. The van der Waals surface area contributed by atoms with Gasteiger partial charge in [-0.1, -0.05) is 6.07 Å². The molecule has 0 saturated heterocycles. The van der Waals surface area contributed by atoms with Gasteiger partial charge in [0.2, 0.25) is 0 Å². The molecule has 3 heteroatoms. The van der Waals surface area contributed by atoms with Crippen molar-refractivity contribution >= 4 is 5.69 Å². The summed E-state index contributed by atoms with van der Waals surface area (Å²) >= 11 is 0. The second-order valence-corrected chi connectivity index (χ2v) is 4.65. The first-order valence-electron chi connectivity index (χ1n) is 6.21. The van der Waals surface area contributed by atoms with E-state index in [1.807, 2.05) is 7.05 Å². The molecule has 3 nitrogen and oxygen atoms in total. The summed E-state index contributed by atoms with van der Waals surface area (Å²) in [7, 11) is 1.96. The highest BCUT2D eigenvalue weighted by atomic mass is 16.3. The van der Waals surface area contributed by atoms with Crippen molar-refractivity contribution in [3.05, 3.63) is 29.3 Å². The number of rotatable bonds is 6. The Hall–Kier alpha value is -1.06. The van der Waals surface area contributed by atoms with Crippen LogP contribution in [0, 0.1) is 6.92 Å². The highest BCUT2D eigenvalue weighted by molar-refractivity contribution is 5.51. The van der Waals surface area contributed by atoms with Crippen LogP contribution in [0.2, 0.25) is 0 Å². The minimum absolute atomic E-state index is 0.190. The van der Waals surface area contributed by atoms with Crippen molar-refractivity contribution in [2.45, 2.75) is 33.4 Å². The Labute approximate surface area is 104 Å². The molecular formula is C14H24N2O. The van der Waals surface area contributed by atoms with Gasteiger partial charge in [-0.05, 0) is 51.1 Å². The van der Waals surface area contributed by atoms with Crippen LogP contribution in [0.5, 0.6) is 0 Å². The Kier molecular flexibility index (Phi) is 5.45. The molecule has 0 amide bonds. The number of aliphatic hydroxyl groups is 1.